The molecule has 6 heteroatoms. The highest BCUT2D eigenvalue weighted by Crippen LogP contribution is 2.43. The molecule has 1 N–H and O–H groups in total. The second-order valence-corrected chi connectivity index (χ2v) is 7.66. The van der Waals surface area contributed by atoms with E-state index in [1.54, 1.807) is 41.3 Å². The number of carbonyl (C=O) groups is 2. The minimum Gasteiger partial charge on any atom is -0.507 e. The molecule has 4 rings (SSSR count). The monoisotopic (exact) mass is 409 g/mol. The van der Waals surface area contributed by atoms with E-state index in [9.17, 15) is 19.1 Å². The van der Waals surface area contributed by atoms with E-state index in [0.717, 1.165) is 25.7 Å². The van der Waals surface area contributed by atoms with E-state index in [1.165, 1.54) is 12.1 Å². The summed E-state index contributed by atoms with van der Waals surface area (Å²) >= 11 is 0. The van der Waals surface area contributed by atoms with Crippen LogP contribution in [0.2, 0.25) is 0 Å². The van der Waals surface area contributed by atoms with Crippen molar-refractivity contribution in [1.82, 2.24) is 4.90 Å². The molecule has 1 heterocycles. The Morgan fingerprint density at radius 2 is 1.83 bits per heavy atom. The highest BCUT2D eigenvalue weighted by atomic mass is 19.1. The lowest BCUT2D eigenvalue weighted by Gasteiger charge is -2.30. The van der Waals surface area contributed by atoms with Crippen molar-refractivity contribution in [1.29, 1.82) is 0 Å². The number of hydrogen-bond acceptors (Lipinski definition) is 4. The van der Waals surface area contributed by atoms with E-state index >= 15 is 0 Å². The first-order chi connectivity index (χ1) is 14.5. The highest BCUT2D eigenvalue weighted by molar-refractivity contribution is 6.46. The number of rotatable bonds is 5. The van der Waals surface area contributed by atoms with Crippen LogP contribution in [0.25, 0.3) is 5.76 Å². The van der Waals surface area contributed by atoms with Crippen LogP contribution in [0.4, 0.5) is 4.39 Å². The standard InChI is InChI=1S/C24H24FNO4/c1-2-30-19-9-5-6-16(14-19)22(27)20-21(15-10-12-17(25)13-11-15)26(24(29)23(20)28)18-7-3-4-8-18/h5-6,9-14,18,21,27H,2-4,7-8H2,1H3/b22-20-. The molecule has 30 heavy (non-hydrogen) atoms. The van der Waals surface area contributed by atoms with Gasteiger partial charge in [-0.2, -0.15) is 0 Å². The average molecular weight is 409 g/mol. The fourth-order valence-electron chi connectivity index (χ4n) is 4.44. The molecule has 1 saturated carbocycles. The largest absolute Gasteiger partial charge is 0.507 e. The topological polar surface area (TPSA) is 66.8 Å². The lowest BCUT2D eigenvalue weighted by molar-refractivity contribution is -0.141. The Bertz CT molecular complexity index is 993. The summed E-state index contributed by atoms with van der Waals surface area (Å²) in [5, 5.41) is 11.1. The molecule has 0 aromatic heterocycles. The fraction of sp³-hybridized carbons (Fsp3) is 0.333. The van der Waals surface area contributed by atoms with Gasteiger partial charge in [0.25, 0.3) is 11.7 Å². The fourth-order valence-corrected chi connectivity index (χ4v) is 4.44. The summed E-state index contributed by atoms with van der Waals surface area (Å²) in [6, 6.07) is 11.7. The minimum atomic E-state index is -0.746. The van der Waals surface area contributed by atoms with Gasteiger partial charge in [0.05, 0.1) is 18.2 Å². The Hall–Kier alpha value is -3.15. The van der Waals surface area contributed by atoms with Crippen molar-refractivity contribution in [3.05, 3.63) is 71.0 Å². The lowest BCUT2D eigenvalue weighted by Crippen LogP contribution is -2.37. The summed E-state index contributed by atoms with van der Waals surface area (Å²) < 4.78 is 19.0. The third-order valence-corrected chi connectivity index (χ3v) is 5.80. The van der Waals surface area contributed by atoms with E-state index in [-0.39, 0.29) is 17.4 Å². The predicted molar refractivity (Wildman–Crippen MR) is 110 cm³/mol. The Balaban J connectivity index is 1.85. The van der Waals surface area contributed by atoms with Crippen molar-refractivity contribution in [2.45, 2.75) is 44.7 Å². The molecule has 5 nitrogen and oxygen atoms in total. The number of nitrogens with zero attached hydrogens (tertiary/aromatic N) is 1. The number of Topliss-reactive ketones (excluding diaryl/α,β-unsaturated/α-hetero) is 1. The normalized spacial score (nSPS) is 21.4. The zero-order valence-corrected chi connectivity index (χ0v) is 16.8. The molecule has 1 aliphatic carbocycles. The number of hydrogen-bond donors (Lipinski definition) is 1. The van der Waals surface area contributed by atoms with Crippen LogP contribution in [-0.2, 0) is 9.59 Å². The van der Waals surface area contributed by atoms with Gasteiger partial charge in [0.2, 0.25) is 0 Å². The van der Waals surface area contributed by atoms with Gasteiger partial charge in [0.1, 0.15) is 17.3 Å². The van der Waals surface area contributed by atoms with Crippen LogP contribution in [0.5, 0.6) is 5.75 Å². The van der Waals surface area contributed by atoms with Crippen molar-refractivity contribution < 1.29 is 23.8 Å². The van der Waals surface area contributed by atoms with Gasteiger partial charge in [-0.25, -0.2) is 4.39 Å². The molecule has 1 unspecified atom stereocenters. The second kappa shape index (κ2) is 8.30. The van der Waals surface area contributed by atoms with Crippen LogP contribution >= 0.6 is 0 Å². The van der Waals surface area contributed by atoms with Gasteiger partial charge in [0, 0.05) is 11.6 Å². The molecule has 156 valence electrons. The summed E-state index contributed by atoms with van der Waals surface area (Å²) in [5.74, 6) is -1.41. The molecule has 2 aromatic carbocycles. The first kappa shape index (κ1) is 20.1. The van der Waals surface area contributed by atoms with Crippen molar-refractivity contribution in [2.75, 3.05) is 6.61 Å². The molecule has 0 radical (unpaired) electrons. The summed E-state index contributed by atoms with van der Waals surface area (Å²) in [7, 11) is 0. The van der Waals surface area contributed by atoms with Gasteiger partial charge in [-0.15, -0.1) is 0 Å². The molecule has 2 fully saturated rings. The van der Waals surface area contributed by atoms with Gasteiger partial charge in [0.15, 0.2) is 0 Å². The molecular formula is C24H24FNO4. The summed E-state index contributed by atoms with van der Waals surface area (Å²) in [6.45, 7) is 2.32. The molecule has 2 aliphatic rings. The summed E-state index contributed by atoms with van der Waals surface area (Å²) in [6.07, 6.45) is 3.59. The third kappa shape index (κ3) is 3.58. The number of ether oxygens (including phenoxy) is 1. The maximum atomic E-state index is 13.5. The molecule has 2 aromatic rings. The smallest absolute Gasteiger partial charge is 0.295 e. The predicted octanol–water partition coefficient (Wildman–Crippen LogP) is 4.59. The van der Waals surface area contributed by atoms with Crippen LogP contribution in [0.1, 0.15) is 49.8 Å². The van der Waals surface area contributed by atoms with Crippen LogP contribution < -0.4 is 4.74 Å². The highest BCUT2D eigenvalue weighted by Gasteiger charge is 2.49. The quantitative estimate of drug-likeness (QED) is 0.446. The number of amides is 1. The number of benzene rings is 2. The molecule has 0 spiro atoms. The van der Waals surface area contributed by atoms with Gasteiger partial charge in [-0.05, 0) is 49.6 Å². The number of halogens is 1. The number of likely N-dealkylation sites (tertiary alicyclic amines) is 1. The van der Waals surface area contributed by atoms with Gasteiger partial charge >= 0.3 is 0 Å². The number of ketones is 1. The minimum absolute atomic E-state index is 0.0344. The second-order valence-electron chi connectivity index (χ2n) is 7.66. The Kier molecular flexibility index (Phi) is 5.57. The molecule has 1 atom stereocenters. The zero-order valence-electron chi connectivity index (χ0n) is 16.8. The maximum Gasteiger partial charge on any atom is 0.295 e. The average Bonchev–Trinajstić information content (AvgIpc) is 3.36. The molecule has 1 amide bonds. The van der Waals surface area contributed by atoms with E-state index < -0.39 is 23.5 Å². The molecule has 0 bridgehead atoms. The molecule has 1 saturated heterocycles. The first-order valence-corrected chi connectivity index (χ1v) is 10.3. The van der Waals surface area contributed by atoms with E-state index in [1.807, 2.05) is 6.92 Å². The van der Waals surface area contributed by atoms with Gasteiger partial charge in [-0.1, -0.05) is 37.1 Å². The van der Waals surface area contributed by atoms with Crippen molar-refractivity contribution >= 4 is 17.4 Å². The Labute approximate surface area is 174 Å². The van der Waals surface area contributed by atoms with Crippen molar-refractivity contribution in [2.24, 2.45) is 0 Å². The van der Waals surface area contributed by atoms with Crippen molar-refractivity contribution in [3.8, 4) is 5.75 Å². The summed E-state index contributed by atoms with van der Waals surface area (Å²) in [4.78, 5) is 27.6. The lowest BCUT2D eigenvalue weighted by atomic mass is 9.94. The Morgan fingerprint density at radius 1 is 1.13 bits per heavy atom. The van der Waals surface area contributed by atoms with Crippen molar-refractivity contribution in [3.63, 3.8) is 0 Å². The van der Waals surface area contributed by atoms with Gasteiger partial charge in [-0.3, -0.25) is 9.59 Å². The zero-order chi connectivity index (χ0) is 21.3. The number of aliphatic hydroxyl groups excluding tert-OH is 1. The number of aliphatic hydroxyl groups is 1. The number of carbonyl (C=O) groups excluding carboxylic acids is 2. The van der Waals surface area contributed by atoms with Crippen LogP contribution in [0.3, 0.4) is 0 Å². The maximum absolute atomic E-state index is 13.5. The van der Waals surface area contributed by atoms with E-state index in [2.05, 4.69) is 0 Å². The first-order valence-electron chi connectivity index (χ1n) is 10.3. The van der Waals surface area contributed by atoms with Crippen LogP contribution in [-0.4, -0.2) is 34.3 Å². The molecular weight excluding hydrogens is 385 g/mol. The van der Waals surface area contributed by atoms with E-state index in [0.29, 0.717) is 23.5 Å². The van der Waals surface area contributed by atoms with Crippen LogP contribution in [0.15, 0.2) is 54.1 Å². The SMILES string of the molecule is CCOc1cccc(/C(O)=C2/C(=O)C(=O)N(C3CCCC3)C2c2ccc(F)cc2)c1. The Morgan fingerprint density at radius 3 is 2.50 bits per heavy atom. The van der Waals surface area contributed by atoms with E-state index in [4.69, 9.17) is 4.74 Å². The summed E-state index contributed by atoms with van der Waals surface area (Å²) in [5.41, 5.74) is 1.04. The third-order valence-electron chi connectivity index (χ3n) is 5.80. The van der Waals surface area contributed by atoms with Crippen LogP contribution in [0, 0.1) is 5.82 Å². The van der Waals surface area contributed by atoms with Gasteiger partial charge < -0.3 is 14.7 Å². The molecule has 1 aliphatic heterocycles.